The molecule has 0 aliphatic carbocycles. The smallest absolute Gasteiger partial charge is 0.335 e. The highest BCUT2D eigenvalue weighted by molar-refractivity contribution is 6.35. The zero-order valence-corrected chi connectivity index (χ0v) is 11.4. The molecule has 5 heteroatoms. The lowest BCUT2D eigenvalue weighted by Crippen LogP contribution is -1.97. The molecule has 0 aliphatic heterocycles. The molecule has 2 aromatic heterocycles. The number of nitrogens with zero attached hydrogens (tertiary/aromatic N) is 2. The number of hydrogen-bond donors (Lipinski definition) is 1. The van der Waals surface area contributed by atoms with Crippen LogP contribution in [-0.4, -0.2) is 20.6 Å². The fourth-order valence-electron chi connectivity index (χ4n) is 2.33. The molecule has 20 heavy (non-hydrogen) atoms. The fraction of sp³-hybridized carbons (Fsp3) is 0.0667. The Morgan fingerprint density at radius 2 is 2.15 bits per heavy atom. The molecule has 0 saturated carbocycles. The Balaban J connectivity index is 2.28. The molecule has 0 bridgehead atoms. The van der Waals surface area contributed by atoms with E-state index in [-0.39, 0.29) is 5.56 Å². The van der Waals surface area contributed by atoms with Gasteiger partial charge in [-0.1, -0.05) is 23.7 Å². The number of aryl methyl sites for hydroxylation is 1. The zero-order chi connectivity index (χ0) is 14.3. The first-order valence-electron chi connectivity index (χ1n) is 6.01. The highest BCUT2D eigenvalue weighted by Crippen LogP contribution is 2.33. The Morgan fingerprint density at radius 3 is 2.90 bits per heavy atom. The number of pyridine rings is 1. The number of benzene rings is 1. The van der Waals surface area contributed by atoms with Gasteiger partial charge in [-0.2, -0.15) is 0 Å². The summed E-state index contributed by atoms with van der Waals surface area (Å²) >= 11 is 6.21. The normalized spacial score (nSPS) is 10.9. The second-order valence-corrected chi connectivity index (χ2v) is 4.93. The van der Waals surface area contributed by atoms with Crippen molar-refractivity contribution in [2.45, 2.75) is 0 Å². The maximum atomic E-state index is 11.1. The molecule has 100 valence electrons. The summed E-state index contributed by atoms with van der Waals surface area (Å²) in [7, 11) is 1.90. The number of aromatic nitrogens is 2. The molecule has 3 rings (SSSR count). The number of hydrogen-bond acceptors (Lipinski definition) is 2. The molecule has 0 radical (unpaired) electrons. The van der Waals surface area contributed by atoms with Crippen LogP contribution < -0.4 is 0 Å². The molecule has 1 aromatic carbocycles. The lowest BCUT2D eigenvalue weighted by atomic mass is 10.1. The molecular formula is C15H11ClN2O2. The molecule has 0 atom stereocenters. The third-order valence-electron chi connectivity index (χ3n) is 3.24. The van der Waals surface area contributed by atoms with Gasteiger partial charge in [0.25, 0.3) is 0 Å². The van der Waals surface area contributed by atoms with Crippen LogP contribution in [0.15, 0.2) is 42.7 Å². The second kappa shape index (κ2) is 4.65. The van der Waals surface area contributed by atoms with Gasteiger partial charge in [0.2, 0.25) is 0 Å². The third-order valence-corrected chi connectivity index (χ3v) is 3.54. The van der Waals surface area contributed by atoms with Crippen molar-refractivity contribution >= 4 is 28.5 Å². The summed E-state index contributed by atoms with van der Waals surface area (Å²) in [6.07, 6.45) is 3.41. The highest BCUT2D eigenvalue weighted by atomic mass is 35.5. The van der Waals surface area contributed by atoms with Crippen LogP contribution in [0.1, 0.15) is 10.4 Å². The summed E-state index contributed by atoms with van der Waals surface area (Å²) < 4.78 is 1.92. The number of carboxylic acids is 1. The minimum Gasteiger partial charge on any atom is -0.478 e. The van der Waals surface area contributed by atoms with Gasteiger partial charge < -0.3 is 9.67 Å². The van der Waals surface area contributed by atoms with E-state index in [0.29, 0.717) is 10.7 Å². The number of rotatable bonds is 2. The van der Waals surface area contributed by atoms with Crippen molar-refractivity contribution < 1.29 is 9.90 Å². The summed E-state index contributed by atoms with van der Waals surface area (Å²) in [5.41, 5.74) is 2.62. The Morgan fingerprint density at radius 1 is 1.35 bits per heavy atom. The summed E-state index contributed by atoms with van der Waals surface area (Å²) in [6, 6.07) is 8.69. The predicted molar refractivity (Wildman–Crippen MR) is 78.1 cm³/mol. The lowest BCUT2D eigenvalue weighted by molar-refractivity contribution is 0.0697. The minimum absolute atomic E-state index is 0.217. The van der Waals surface area contributed by atoms with Crippen molar-refractivity contribution in [3.8, 4) is 11.3 Å². The highest BCUT2D eigenvalue weighted by Gasteiger charge is 2.13. The Labute approximate surface area is 120 Å². The van der Waals surface area contributed by atoms with Gasteiger partial charge in [0, 0.05) is 30.4 Å². The van der Waals surface area contributed by atoms with Crippen molar-refractivity contribution in [1.29, 1.82) is 0 Å². The minimum atomic E-state index is -0.966. The first-order valence-corrected chi connectivity index (χ1v) is 6.39. The topological polar surface area (TPSA) is 55.1 Å². The van der Waals surface area contributed by atoms with E-state index in [1.165, 1.54) is 12.3 Å². The molecule has 1 N–H and O–H groups in total. The van der Waals surface area contributed by atoms with Gasteiger partial charge in [0.1, 0.15) is 0 Å². The number of halogens is 1. The maximum absolute atomic E-state index is 11.1. The van der Waals surface area contributed by atoms with Crippen LogP contribution >= 0.6 is 11.6 Å². The summed E-state index contributed by atoms with van der Waals surface area (Å²) in [6.45, 7) is 0. The van der Waals surface area contributed by atoms with Crippen LogP contribution in [0.3, 0.4) is 0 Å². The van der Waals surface area contributed by atoms with E-state index in [0.717, 1.165) is 16.5 Å². The molecular weight excluding hydrogens is 276 g/mol. The average Bonchev–Trinajstić information content (AvgIpc) is 2.78. The molecule has 0 fully saturated rings. The van der Waals surface area contributed by atoms with Crippen LogP contribution in [-0.2, 0) is 7.05 Å². The summed E-state index contributed by atoms with van der Waals surface area (Å²) in [5, 5.41) is 10.7. The second-order valence-electron chi connectivity index (χ2n) is 4.52. The van der Waals surface area contributed by atoms with Crippen molar-refractivity contribution in [3.63, 3.8) is 0 Å². The van der Waals surface area contributed by atoms with Crippen molar-refractivity contribution in [2.24, 2.45) is 7.05 Å². The Bertz CT molecular complexity index is 824. The predicted octanol–water partition coefficient (Wildman–Crippen LogP) is 3.59. The van der Waals surface area contributed by atoms with Crippen LogP contribution in [0.4, 0.5) is 0 Å². The summed E-state index contributed by atoms with van der Waals surface area (Å²) in [5.74, 6) is -0.966. The van der Waals surface area contributed by atoms with Gasteiger partial charge >= 0.3 is 5.97 Å². The van der Waals surface area contributed by atoms with E-state index in [1.54, 1.807) is 6.07 Å². The summed E-state index contributed by atoms with van der Waals surface area (Å²) in [4.78, 5) is 15.3. The van der Waals surface area contributed by atoms with Gasteiger partial charge in [0.15, 0.2) is 0 Å². The molecule has 4 nitrogen and oxygen atoms in total. The van der Waals surface area contributed by atoms with E-state index in [2.05, 4.69) is 4.98 Å². The van der Waals surface area contributed by atoms with E-state index < -0.39 is 5.97 Å². The molecule has 0 aliphatic rings. The molecule has 0 spiro atoms. The molecule has 0 saturated heterocycles. The standard InChI is InChI=1S/C15H11ClN2O2/c1-18-8-11(10-3-2-4-12(16)14(10)18)13-7-9(15(19)20)5-6-17-13/h2-8H,1H3,(H,19,20). The Kier molecular flexibility index (Phi) is 2.95. The van der Waals surface area contributed by atoms with Crippen molar-refractivity contribution in [3.05, 3.63) is 53.3 Å². The fourth-order valence-corrected chi connectivity index (χ4v) is 2.64. The maximum Gasteiger partial charge on any atom is 0.335 e. The molecule has 0 amide bonds. The molecule has 2 heterocycles. The van der Waals surface area contributed by atoms with Crippen LogP contribution in [0, 0.1) is 0 Å². The van der Waals surface area contributed by atoms with Crippen LogP contribution in [0.5, 0.6) is 0 Å². The van der Waals surface area contributed by atoms with E-state index >= 15 is 0 Å². The first-order chi connectivity index (χ1) is 9.58. The number of para-hydroxylation sites is 1. The van der Waals surface area contributed by atoms with Gasteiger partial charge in [-0.05, 0) is 18.2 Å². The van der Waals surface area contributed by atoms with E-state index in [1.807, 2.05) is 36.0 Å². The largest absolute Gasteiger partial charge is 0.478 e. The van der Waals surface area contributed by atoms with Crippen molar-refractivity contribution in [1.82, 2.24) is 9.55 Å². The van der Waals surface area contributed by atoms with Gasteiger partial charge in [-0.3, -0.25) is 4.98 Å². The number of aromatic carboxylic acids is 1. The zero-order valence-electron chi connectivity index (χ0n) is 10.7. The number of carbonyl (C=O) groups is 1. The number of fused-ring (bicyclic) bond motifs is 1. The SMILES string of the molecule is Cn1cc(-c2cc(C(=O)O)ccn2)c2cccc(Cl)c21. The molecule has 0 unspecified atom stereocenters. The van der Waals surface area contributed by atoms with E-state index in [4.69, 9.17) is 16.7 Å². The van der Waals surface area contributed by atoms with Gasteiger partial charge in [-0.15, -0.1) is 0 Å². The van der Waals surface area contributed by atoms with Gasteiger partial charge in [0.05, 0.1) is 21.8 Å². The van der Waals surface area contributed by atoms with Crippen LogP contribution in [0.25, 0.3) is 22.2 Å². The monoisotopic (exact) mass is 286 g/mol. The Hall–Kier alpha value is -2.33. The molecule has 3 aromatic rings. The van der Waals surface area contributed by atoms with Crippen LogP contribution in [0.2, 0.25) is 5.02 Å². The number of carboxylic acid groups (broad SMARTS) is 1. The quantitative estimate of drug-likeness (QED) is 0.783. The van der Waals surface area contributed by atoms with Gasteiger partial charge in [-0.25, -0.2) is 4.79 Å². The third kappa shape index (κ3) is 1.94. The average molecular weight is 287 g/mol. The van der Waals surface area contributed by atoms with Crippen molar-refractivity contribution in [2.75, 3.05) is 0 Å². The lowest BCUT2D eigenvalue weighted by Gasteiger charge is -2.01. The van der Waals surface area contributed by atoms with E-state index in [9.17, 15) is 4.79 Å². The first kappa shape index (κ1) is 12.7.